The second-order valence-corrected chi connectivity index (χ2v) is 7.15. The minimum atomic E-state index is -0.604. The zero-order valence-corrected chi connectivity index (χ0v) is 15.1. The number of nitrogens with zero attached hydrogens (tertiary/aromatic N) is 3. The zero-order chi connectivity index (χ0) is 19.3. The molecule has 0 fully saturated rings. The molecule has 27 heavy (non-hydrogen) atoms. The van der Waals surface area contributed by atoms with E-state index in [2.05, 4.69) is 4.98 Å². The molecule has 1 aliphatic rings. The van der Waals surface area contributed by atoms with E-state index in [4.69, 9.17) is 5.73 Å². The van der Waals surface area contributed by atoms with E-state index in [1.165, 1.54) is 10.9 Å². The molecule has 3 heterocycles. The van der Waals surface area contributed by atoms with Crippen molar-refractivity contribution in [1.29, 1.82) is 0 Å². The van der Waals surface area contributed by atoms with Gasteiger partial charge in [-0.3, -0.25) is 28.6 Å². The van der Waals surface area contributed by atoms with E-state index in [1.54, 1.807) is 31.2 Å². The lowest BCUT2D eigenvalue weighted by Gasteiger charge is -2.14. The number of aryl methyl sites for hydroxylation is 1. The van der Waals surface area contributed by atoms with Crippen LogP contribution in [0.4, 0.5) is 0 Å². The summed E-state index contributed by atoms with van der Waals surface area (Å²) in [5, 5.41) is 0.332. The van der Waals surface area contributed by atoms with E-state index in [9.17, 15) is 19.2 Å². The summed E-state index contributed by atoms with van der Waals surface area (Å²) in [5.74, 6) is -1.35. The van der Waals surface area contributed by atoms with Crippen LogP contribution in [0.15, 0.2) is 35.4 Å². The second kappa shape index (κ2) is 6.13. The lowest BCUT2D eigenvalue weighted by molar-refractivity contribution is 0.0648. The molecule has 2 N–H and O–H groups in total. The molecule has 3 amide bonds. The molecule has 0 saturated heterocycles. The van der Waals surface area contributed by atoms with Crippen molar-refractivity contribution in [3.63, 3.8) is 0 Å². The molecule has 3 aromatic rings. The van der Waals surface area contributed by atoms with Gasteiger partial charge in [0.2, 0.25) is 0 Å². The van der Waals surface area contributed by atoms with Crippen LogP contribution >= 0.6 is 11.3 Å². The Labute approximate surface area is 156 Å². The van der Waals surface area contributed by atoms with Crippen LogP contribution in [0.1, 0.15) is 36.0 Å². The van der Waals surface area contributed by atoms with Crippen molar-refractivity contribution in [2.24, 2.45) is 5.73 Å². The van der Waals surface area contributed by atoms with Crippen molar-refractivity contribution in [2.75, 3.05) is 6.54 Å². The summed E-state index contributed by atoms with van der Waals surface area (Å²) in [6, 6.07) is 6.61. The average molecular weight is 382 g/mol. The summed E-state index contributed by atoms with van der Waals surface area (Å²) in [5.41, 5.74) is 6.22. The first kappa shape index (κ1) is 17.1. The van der Waals surface area contributed by atoms with Crippen LogP contribution in [0, 0.1) is 6.92 Å². The molecule has 9 heteroatoms. The van der Waals surface area contributed by atoms with E-state index < -0.39 is 5.91 Å². The normalized spacial score (nSPS) is 13.4. The van der Waals surface area contributed by atoms with Gasteiger partial charge >= 0.3 is 0 Å². The molecule has 1 aliphatic heterocycles. The van der Waals surface area contributed by atoms with Crippen molar-refractivity contribution < 1.29 is 14.4 Å². The first-order valence-electron chi connectivity index (χ1n) is 8.13. The highest BCUT2D eigenvalue weighted by atomic mass is 32.1. The Bertz CT molecular complexity index is 1160. The van der Waals surface area contributed by atoms with Crippen LogP contribution in [0.2, 0.25) is 0 Å². The summed E-state index contributed by atoms with van der Waals surface area (Å²) in [7, 11) is 0. The largest absolute Gasteiger partial charge is 0.365 e. The topological polar surface area (TPSA) is 115 Å². The predicted octanol–water partition coefficient (Wildman–Crippen LogP) is 1.16. The van der Waals surface area contributed by atoms with Crippen LogP contribution in [0.25, 0.3) is 10.2 Å². The third-order valence-electron chi connectivity index (χ3n) is 4.58. The Balaban J connectivity index is 1.64. The van der Waals surface area contributed by atoms with Gasteiger partial charge in [-0.2, -0.15) is 0 Å². The highest BCUT2D eigenvalue weighted by molar-refractivity contribution is 7.20. The summed E-state index contributed by atoms with van der Waals surface area (Å²) in [6.07, 6.45) is 1.35. The Morgan fingerprint density at radius 1 is 1.11 bits per heavy atom. The molecule has 0 atom stereocenters. The Kier molecular flexibility index (Phi) is 3.88. The quantitative estimate of drug-likeness (QED) is 0.680. The van der Waals surface area contributed by atoms with Gasteiger partial charge in [-0.25, -0.2) is 4.98 Å². The smallest absolute Gasteiger partial charge is 0.262 e. The van der Waals surface area contributed by atoms with Crippen LogP contribution in [-0.2, 0) is 6.54 Å². The molecular formula is C18H14N4O4S. The maximum absolute atomic E-state index is 12.8. The van der Waals surface area contributed by atoms with Gasteiger partial charge < -0.3 is 5.73 Å². The average Bonchev–Trinajstić information content (AvgIpc) is 3.11. The highest BCUT2D eigenvalue weighted by Crippen LogP contribution is 2.26. The molecule has 1 aromatic carbocycles. The van der Waals surface area contributed by atoms with E-state index in [0.717, 1.165) is 16.2 Å². The van der Waals surface area contributed by atoms with Gasteiger partial charge in [0, 0.05) is 13.1 Å². The number of benzene rings is 1. The minimum Gasteiger partial charge on any atom is -0.365 e. The van der Waals surface area contributed by atoms with Crippen LogP contribution < -0.4 is 11.3 Å². The number of thiophene rings is 1. The zero-order valence-electron chi connectivity index (χ0n) is 14.3. The summed E-state index contributed by atoms with van der Waals surface area (Å²) in [4.78, 5) is 55.1. The SMILES string of the molecule is Cc1c(C(N)=O)sc2ncn(CCN3C(=O)c4ccccc4C3=O)c(=O)c12. The van der Waals surface area contributed by atoms with Crippen LogP contribution in [0.3, 0.4) is 0 Å². The van der Waals surface area contributed by atoms with Crippen LogP contribution in [-0.4, -0.2) is 38.7 Å². The fourth-order valence-corrected chi connectivity index (χ4v) is 4.19. The third kappa shape index (κ3) is 2.55. The van der Waals surface area contributed by atoms with Crippen molar-refractivity contribution in [2.45, 2.75) is 13.5 Å². The molecule has 0 saturated carbocycles. The lowest BCUT2D eigenvalue weighted by atomic mass is 10.1. The van der Waals surface area contributed by atoms with Crippen LogP contribution in [0.5, 0.6) is 0 Å². The number of imide groups is 1. The maximum Gasteiger partial charge on any atom is 0.262 e. The number of nitrogens with two attached hydrogens (primary N) is 1. The van der Waals surface area contributed by atoms with Gasteiger partial charge in [0.1, 0.15) is 4.83 Å². The summed E-state index contributed by atoms with van der Waals surface area (Å²) >= 11 is 1.07. The summed E-state index contributed by atoms with van der Waals surface area (Å²) < 4.78 is 1.33. The van der Waals surface area contributed by atoms with Gasteiger partial charge in [-0.15, -0.1) is 11.3 Å². The molecule has 8 nitrogen and oxygen atoms in total. The Hall–Kier alpha value is -3.33. The van der Waals surface area contributed by atoms with Gasteiger partial charge in [-0.1, -0.05) is 12.1 Å². The standard InChI is InChI=1S/C18H14N4O4S/c1-9-12-15(27-13(9)14(19)23)20-8-21(18(12)26)6-7-22-16(24)10-4-2-3-5-11(10)17(22)25/h2-5,8H,6-7H2,1H3,(H2,19,23). The Morgan fingerprint density at radius 3 is 2.33 bits per heavy atom. The lowest BCUT2D eigenvalue weighted by Crippen LogP contribution is -2.35. The van der Waals surface area contributed by atoms with E-state index in [1.807, 2.05) is 0 Å². The number of carbonyl (C=O) groups is 3. The molecule has 0 unspecified atom stereocenters. The third-order valence-corrected chi connectivity index (χ3v) is 5.80. The fraction of sp³-hybridized carbons (Fsp3) is 0.167. The van der Waals surface area contributed by atoms with Gasteiger partial charge in [0.05, 0.1) is 27.7 Å². The first-order valence-corrected chi connectivity index (χ1v) is 8.95. The first-order chi connectivity index (χ1) is 12.9. The number of amides is 3. The molecule has 0 spiro atoms. The number of carbonyl (C=O) groups excluding carboxylic acids is 3. The number of hydrogen-bond donors (Lipinski definition) is 1. The number of aromatic nitrogens is 2. The Morgan fingerprint density at radius 2 is 1.74 bits per heavy atom. The molecular weight excluding hydrogens is 368 g/mol. The van der Waals surface area contributed by atoms with Crippen molar-refractivity contribution in [3.8, 4) is 0 Å². The van der Waals surface area contributed by atoms with Crippen molar-refractivity contribution >= 4 is 39.3 Å². The van der Waals surface area contributed by atoms with Crippen molar-refractivity contribution in [1.82, 2.24) is 14.5 Å². The number of hydrogen-bond acceptors (Lipinski definition) is 6. The fourth-order valence-electron chi connectivity index (χ4n) is 3.20. The number of fused-ring (bicyclic) bond motifs is 2. The molecule has 0 aliphatic carbocycles. The number of rotatable bonds is 4. The molecule has 4 rings (SSSR count). The molecule has 0 bridgehead atoms. The molecule has 2 aromatic heterocycles. The minimum absolute atomic E-state index is 0.0469. The van der Waals surface area contributed by atoms with Gasteiger partial charge in [0.25, 0.3) is 23.3 Å². The number of primary amides is 1. The highest BCUT2D eigenvalue weighted by Gasteiger charge is 2.34. The van der Waals surface area contributed by atoms with E-state index >= 15 is 0 Å². The van der Waals surface area contributed by atoms with Crippen molar-refractivity contribution in [3.05, 3.63) is 62.5 Å². The van der Waals surface area contributed by atoms with E-state index in [-0.39, 0.29) is 30.5 Å². The predicted molar refractivity (Wildman–Crippen MR) is 98.9 cm³/mol. The monoisotopic (exact) mass is 382 g/mol. The maximum atomic E-state index is 12.8. The second-order valence-electron chi connectivity index (χ2n) is 6.15. The van der Waals surface area contributed by atoms with Gasteiger partial charge in [-0.05, 0) is 24.6 Å². The van der Waals surface area contributed by atoms with E-state index in [0.29, 0.717) is 31.8 Å². The molecule has 136 valence electrons. The molecule has 0 radical (unpaired) electrons. The van der Waals surface area contributed by atoms with Gasteiger partial charge in [0.15, 0.2) is 0 Å². The summed E-state index contributed by atoms with van der Waals surface area (Å²) in [6.45, 7) is 1.80.